The van der Waals surface area contributed by atoms with E-state index in [1.165, 1.54) is 24.2 Å². The summed E-state index contributed by atoms with van der Waals surface area (Å²) in [5.41, 5.74) is 2.27. The molecule has 0 spiro atoms. The van der Waals surface area contributed by atoms with Crippen LogP contribution in [0.3, 0.4) is 0 Å². The second-order valence-corrected chi connectivity index (χ2v) is 5.53. The fourth-order valence-electron chi connectivity index (χ4n) is 3.07. The molecule has 0 saturated carbocycles. The van der Waals surface area contributed by atoms with E-state index in [0.717, 1.165) is 37.2 Å². The number of hydrogen-bond acceptors (Lipinski definition) is 3. The quantitative estimate of drug-likeness (QED) is 0.910. The minimum Gasteiger partial charge on any atom is -0.497 e. The largest absolute Gasteiger partial charge is 0.497 e. The van der Waals surface area contributed by atoms with E-state index in [1.807, 2.05) is 12.1 Å². The highest BCUT2D eigenvalue weighted by Crippen LogP contribution is 2.23. The summed E-state index contributed by atoms with van der Waals surface area (Å²) in [6.45, 7) is 4.39. The molecule has 1 aromatic heterocycles. The Morgan fingerprint density at radius 2 is 2.35 bits per heavy atom. The highest BCUT2D eigenvalue weighted by molar-refractivity contribution is 5.77. The van der Waals surface area contributed by atoms with Crippen LogP contribution in [0.2, 0.25) is 0 Å². The molecule has 1 atom stereocenters. The topological polar surface area (TPSA) is 39.1 Å². The minimum atomic E-state index is 0.587. The van der Waals surface area contributed by atoms with Crippen molar-refractivity contribution in [1.82, 2.24) is 14.9 Å². The standard InChI is InChI=1S/C16H23N3O/c1-3-9-19-15-7-6-13(20-2)11-14(15)18-16(19)10-12-5-4-8-17-12/h6-7,11-12,17H,3-5,8-10H2,1-2H3. The molecule has 0 radical (unpaired) electrons. The monoisotopic (exact) mass is 273 g/mol. The summed E-state index contributed by atoms with van der Waals surface area (Å²) in [4.78, 5) is 4.85. The van der Waals surface area contributed by atoms with Crippen LogP contribution < -0.4 is 10.1 Å². The molecular formula is C16H23N3O. The van der Waals surface area contributed by atoms with E-state index >= 15 is 0 Å². The van der Waals surface area contributed by atoms with Crippen molar-refractivity contribution in [3.05, 3.63) is 24.0 Å². The minimum absolute atomic E-state index is 0.587. The second kappa shape index (κ2) is 5.83. The molecule has 3 rings (SSSR count). The van der Waals surface area contributed by atoms with Gasteiger partial charge in [-0.1, -0.05) is 6.92 Å². The van der Waals surface area contributed by atoms with Crippen LogP contribution in [0.4, 0.5) is 0 Å². The Labute approximate surface area is 120 Å². The molecule has 0 aliphatic carbocycles. The van der Waals surface area contributed by atoms with Crippen LogP contribution in [0.15, 0.2) is 18.2 Å². The number of aryl methyl sites for hydroxylation is 1. The summed E-state index contributed by atoms with van der Waals surface area (Å²) in [7, 11) is 1.70. The Hall–Kier alpha value is -1.55. The van der Waals surface area contributed by atoms with E-state index in [9.17, 15) is 0 Å². The molecule has 20 heavy (non-hydrogen) atoms. The number of ether oxygens (including phenoxy) is 1. The molecule has 1 aliphatic rings. The zero-order chi connectivity index (χ0) is 13.9. The number of benzene rings is 1. The Bertz CT molecular complexity index is 585. The normalized spacial score (nSPS) is 18.8. The first-order chi connectivity index (χ1) is 9.81. The van der Waals surface area contributed by atoms with Gasteiger partial charge in [-0.15, -0.1) is 0 Å². The summed E-state index contributed by atoms with van der Waals surface area (Å²) in [6.07, 6.45) is 4.70. The summed E-state index contributed by atoms with van der Waals surface area (Å²) < 4.78 is 7.67. The highest BCUT2D eigenvalue weighted by Gasteiger charge is 2.19. The van der Waals surface area contributed by atoms with E-state index in [4.69, 9.17) is 9.72 Å². The second-order valence-electron chi connectivity index (χ2n) is 5.53. The number of methoxy groups -OCH3 is 1. The third-order valence-corrected chi connectivity index (χ3v) is 4.07. The maximum absolute atomic E-state index is 5.30. The maximum Gasteiger partial charge on any atom is 0.121 e. The fraction of sp³-hybridized carbons (Fsp3) is 0.562. The summed E-state index contributed by atoms with van der Waals surface area (Å²) in [5.74, 6) is 2.08. The highest BCUT2D eigenvalue weighted by atomic mass is 16.5. The number of nitrogens with one attached hydrogen (secondary N) is 1. The molecule has 4 heteroatoms. The van der Waals surface area contributed by atoms with Crippen molar-refractivity contribution in [2.75, 3.05) is 13.7 Å². The third kappa shape index (κ3) is 2.52. The first kappa shape index (κ1) is 13.4. The molecule has 0 amide bonds. The smallest absolute Gasteiger partial charge is 0.121 e. The number of fused-ring (bicyclic) bond motifs is 1. The molecule has 4 nitrogen and oxygen atoms in total. The van der Waals surface area contributed by atoms with Gasteiger partial charge in [-0.3, -0.25) is 0 Å². The van der Waals surface area contributed by atoms with Crippen LogP contribution in [0.1, 0.15) is 32.0 Å². The van der Waals surface area contributed by atoms with Crippen molar-refractivity contribution in [2.24, 2.45) is 0 Å². The molecule has 1 saturated heterocycles. The zero-order valence-corrected chi connectivity index (χ0v) is 12.4. The lowest BCUT2D eigenvalue weighted by Crippen LogP contribution is -2.25. The van der Waals surface area contributed by atoms with Crippen LogP contribution in [0, 0.1) is 0 Å². The predicted octanol–water partition coefficient (Wildman–Crippen LogP) is 2.75. The van der Waals surface area contributed by atoms with Crippen molar-refractivity contribution in [3.63, 3.8) is 0 Å². The Morgan fingerprint density at radius 1 is 1.45 bits per heavy atom. The van der Waals surface area contributed by atoms with Gasteiger partial charge >= 0.3 is 0 Å². The van der Waals surface area contributed by atoms with E-state index in [2.05, 4.69) is 22.9 Å². The summed E-state index contributed by atoms with van der Waals surface area (Å²) >= 11 is 0. The van der Waals surface area contributed by atoms with Gasteiger partial charge in [-0.05, 0) is 37.9 Å². The van der Waals surface area contributed by atoms with Crippen LogP contribution in [-0.2, 0) is 13.0 Å². The van der Waals surface area contributed by atoms with E-state index in [0.29, 0.717) is 6.04 Å². The van der Waals surface area contributed by atoms with Gasteiger partial charge in [0, 0.05) is 25.1 Å². The Balaban J connectivity index is 1.97. The van der Waals surface area contributed by atoms with Gasteiger partial charge in [0.2, 0.25) is 0 Å². The molecule has 1 unspecified atom stereocenters. The lowest BCUT2D eigenvalue weighted by Gasteiger charge is -2.12. The van der Waals surface area contributed by atoms with Crippen molar-refractivity contribution in [2.45, 2.75) is 45.2 Å². The van der Waals surface area contributed by atoms with Gasteiger partial charge in [0.25, 0.3) is 0 Å². The van der Waals surface area contributed by atoms with Crippen LogP contribution in [0.25, 0.3) is 11.0 Å². The first-order valence-corrected chi connectivity index (χ1v) is 7.58. The van der Waals surface area contributed by atoms with Gasteiger partial charge < -0.3 is 14.6 Å². The summed E-state index contributed by atoms with van der Waals surface area (Å²) in [5, 5.41) is 3.56. The predicted molar refractivity (Wildman–Crippen MR) is 81.3 cm³/mol. The average Bonchev–Trinajstić information content (AvgIpc) is 3.08. The van der Waals surface area contributed by atoms with Crippen molar-refractivity contribution in [3.8, 4) is 5.75 Å². The van der Waals surface area contributed by atoms with Gasteiger partial charge in [0.05, 0.1) is 18.1 Å². The SMILES string of the molecule is CCCn1c(CC2CCCN2)nc2cc(OC)ccc21. The number of nitrogens with zero attached hydrogens (tertiary/aromatic N) is 2. The molecule has 0 bridgehead atoms. The Morgan fingerprint density at radius 3 is 3.05 bits per heavy atom. The number of aromatic nitrogens is 2. The van der Waals surface area contributed by atoms with Crippen LogP contribution >= 0.6 is 0 Å². The lowest BCUT2D eigenvalue weighted by atomic mass is 10.1. The molecule has 108 valence electrons. The molecule has 1 aromatic carbocycles. The van der Waals surface area contributed by atoms with Crippen molar-refractivity contribution < 1.29 is 4.74 Å². The zero-order valence-electron chi connectivity index (χ0n) is 12.4. The van der Waals surface area contributed by atoms with Gasteiger partial charge in [0.15, 0.2) is 0 Å². The maximum atomic E-state index is 5.30. The molecule has 2 aromatic rings. The molecule has 1 aliphatic heterocycles. The Kier molecular flexibility index (Phi) is 3.92. The molecule has 1 fully saturated rings. The van der Waals surface area contributed by atoms with Crippen molar-refractivity contribution in [1.29, 1.82) is 0 Å². The van der Waals surface area contributed by atoms with Crippen LogP contribution in [0.5, 0.6) is 5.75 Å². The molecule has 1 N–H and O–H groups in total. The van der Waals surface area contributed by atoms with Gasteiger partial charge in [-0.2, -0.15) is 0 Å². The van der Waals surface area contributed by atoms with E-state index in [1.54, 1.807) is 7.11 Å². The third-order valence-electron chi connectivity index (χ3n) is 4.07. The van der Waals surface area contributed by atoms with Crippen LogP contribution in [-0.4, -0.2) is 29.2 Å². The van der Waals surface area contributed by atoms with Gasteiger partial charge in [0.1, 0.15) is 11.6 Å². The fourth-order valence-corrected chi connectivity index (χ4v) is 3.07. The molecular weight excluding hydrogens is 250 g/mol. The van der Waals surface area contributed by atoms with Crippen molar-refractivity contribution >= 4 is 11.0 Å². The summed E-state index contributed by atoms with van der Waals surface area (Å²) in [6, 6.07) is 6.77. The van der Waals surface area contributed by atoms with E-state index in [-0.39, 0.29) is 0 Å². The van der Waals surface area contributed by atoms with E-state index < -0.39 is 0 Å². The number of hydrogen-bond donors (Lipinski definition) is 1. The lowest BCUT2D eigenvalue weighted by molar-refractivity contribution is 0.415. The first-order valence-electron chi connectivity index (χ1n) is 7.58. The number of imidazole rings is 1. The number of rotatable bonds is 5. The molecule has 2 heterocycles. The van der Waals surface area contributed by atoms with Gasteiger partial charge in [-0.25, -0.2) is 4.98 Å². The average molecular weight is 273 g/mol.